The minimum Gasteiger partial charge on any atom is -2.00 e. The Morgan fingerprint density at radius 1 is 0.600 bits per heavy atom. The van der Waals surface area contributed by atoms with E-state index in [4.69, 9.17) is 0 Å². The molecule has 42 valence electrons. The summed E-state index contributed by atoms with van der Waals surface area (Å²) >= 11 is 0. The number of hydrogen-bond donors (Lipinski definition) is 0. The van der Waals surface area contributed by atoms with Crippen molar-refractivity contribution in [2.75, 3.05) is 0 Å². The summed E-state index contributed by atoms with van der Waals surface area (Å²) in [4.78, 5) is 0. The molecule has 0 spiro atoms. The molecule has 0 nitrogen and oxygen atoms in total. The molecular weight excluding hydrogens is 462 g/mol. The summed E-state index contributed by atoms with van der Waals surface area (Å²) in [6, 6.07) is 0. The Kier molecular flexibility index (Phi) is 241. The molecular formula is AuS3Tm. The van der Waals surface area contributed by atoms with E-state index in [1.165, 1.54) is 0 Å². The molecule has 0 aromatic heterocycles. The standard InChI is InChI=1S/Au.3S.Tm/q+3;3*-2;+3. The van der Waals surface area contributed by atoms with Crippen molar-refractivity contribution in [3.05, 3.63) is 0 Å². The van der Waals surface area contributed by atoms with Crippen molar-refractivity contribution in [3.63, 3.8) is 0 Å². The Hall–Kier alpha value is 3.02. The van der Waals surface area contributed by atoms with Crippen LogP contribution in [-0.4, -0.2) is 0 Å². The van der Waals surface area contributed by atoms with E-state index in [0.29, 0.717) is 0 Å². The Bertz CT molecular complexity index is 6.85. The van der Waals surface area contributed by atoms with Crippen LogP contribution in [0.3, 0.4) is 0 Å². The van der Waals surface area contributed by atoms with Gasteiger partial charge < -0.3 is 40.5 Å². The molecule has 0 aromatic carbocycles. The maximum Gasteiger partial charge on any atom is 3.00 e. The van der Waals surface area contributed by atoms with Gasteiger partial charge in [0.25, 0.3) is 0 Å². The van der Waals surface area contributed by atoms with Gasteiger partial charge in [0.2, 0.25) is 0 Å². The fraction of sp³-hybridized carbons (Fsp3) is 0. The van der Waals surface area contributed by atoms with Crippen molar-refractivity contribution in [2.24, 2.45) is 0 Å². The summed E-state index contributed by atoms with van der Waals surface area (Å²) in [5.41, 5.74) is 0. The molecule has 0 bridgehead atoms. The average Bonchev–Trinajstić information content (AvgIpc) is 0. The zero-order chi connectivity index (χ0) is 0. The predicted octanol–water partition coefficient (Wildman–Crippen LogP) is -0.00970. The number of hydrogen-bond acceptors (Lipinski definition) is 0. The van der Waals surface area contributed by atoms with Gasteiger partial charge in [-0.2, -0.15) is 0 Å². The molecule has 0 aliphatic heterocycles. The van der Waals surface area contributed by atoms with Crippen molar-refractivity contribution in [1.82, 2.24) is 0 Å². The van der Waals surface area contributed by atoms with Gasteiger partial charge in [-0.25, -0.2) is 0 Å². The van der Waals surface area contributed by atoms with Crippen molar-refractivity contribution in [3.8, 4) is 0 Å². The van der Waals surface area contributed by atoms with Crippen LogP contribution < -0.4 is 0 Å². The van der Waals surface area contributed by atoms with Gasteiger partial charge in [-0.3, -0.25) is 0 Å². The molecule has 0 aliphatic rings. The molecule has 0 atom stereocenters. The first-order valence-corrected chi connectivity index (χ1v) is 0. The Morgan fingerprint density at radius 2 is 0.600 bits per heavy atom. The van der Waals surface area contributed by atoms with Crippen LogP contribution in [0, 0.1) is 36.9 Å². The van der Waals surface area contributed by atoms with Crippen LogP contribution in [-0.2, 0) is 62.9 Å². The van der Waals surface area contributed by atoms with Gasteiger partial charge in [0.05, 0.1) is 0 Å². The summed E-state index contributed by atoms with van der Waals surface area (Å²) in [6.07, 6.45) is 0. The minimum atomic E-state index is 0. The Morgan fingerprint density at radius 3 is 0.600 bits per heavy atom. The van der Waals surface area contributed by atoms with Crippen molar-refractivity contribution >= 4 is 40.5 Å². The fourth-order valence-electron chi connectivity index (χ4n) is 0. The molecule has 0 heterocycles. The summed E-state index contributed by atoms with van der Waals surface area (Å²) in [5.74, 6) is 0. The topological polar surface area (TPSA) is 0 Å². The van der Waals surface area contributed by atoms with Crippen molar-refractivity contribution in [1.29, 1.82) is 0 Å². The van der Waals surface area contributed by atoms with Gasteiger partial charge in [0.15, 0.2) is 0 Å². The minimum absolute atomic E-state index is 0. The first-order valence-electron chi connectivity index (χ1n) is 0. The SMILES string of the molecule is [Au+3].[S-2].[S-2].[S-2].[Tm+3]. The molecule has 0 unspecified atom stereocenters. The van der Waals surface area contributed by atoms with Gasteiger partial charge in [-0.15, -0.1) is 0 Å². The van der Waals surface area contributed by atoms with E-state index in [2.05, 4.69) is 0 Å². The summed E-state index contributed by atoms with van der Waals surface area (Å²) < 4.78 is 0. The molecule has 0 aromatic rings. The predicted molar refractivity (Wildman–Crippen MR) is 22.1 cm³/mol. The maximum absolute atomic E-state index is 0. The molecule has 5 heteroatoms. The molecule has 0 aliphatic carbocycles. The van der Waals surface area contributed by atoms with Gasteiger partial charge in [0, 0.05) is 0 Å². The van der Waals surface area contributed by atoms with Gasteiger partial charge in [-0.05, 0) is 0 Å². The number of rotatable bonds is 0. The van der Waals surface area contributed by atoms with Gasteiger partial charge >= 0.3 is 59.3 Å². The Balaban J connectivity index is 0. The first kappa shape index (κ1) is 43.3. The average molecular weight is 462 g/mol. The molecule has 0 N–H and O–H groups in total. The molecule has 0 saturated carbocycles. The van der Waals surface area contributed by atoms with E-state index in [9.17, 15) is 0 Å². The zero-order valence-corrected chi connectivity index (χ0v) is 8.20. The molecule has 5 heavy (non-hydrogen) atoms. The van der Waals surface area contributed by atoms with Crippen LogP contribution in [0.4, 0.5) is 0 Å². The second-order valence-electron chi connectivity index (χ2n) is 0. The van der Waals surface area contributed by atoms with Crippen LogP contribution in [0.1, 0.15) is 0 Å². The summed E-state index contributed by atoms with van der Waals surface area (Å²) in [7, 11) is 0. The zero-order valence-electron chi connectivity index (χ0n) is 1.80. The van der Waals surface area contributed by atoms with Crippen LogP contribution in [0.15, 0.2) is 0 Å². The molecule has 0 saturated heterocycles. The van der Waals surface area contributed by atoms with E-state index in [1.54, 1.807) is 0 Å². The molecule has 0 fully saturated rings. The molecule has 0 amide bonds. The fourth-order valence-corrected chi connectivity index (χ4v) is 0. The molecule has 0 radical (unpaired) electrons. The van der Waals surface area contributed by atoms with E-state index in [-0.39, 0.29) is 99.7 Å². The maximum atomic E-state index is 0. The summed E-state index contributed by atoms with van der Waals surface area (Å²) in [6.45, 7) is 0. The second kappa shape index (κ2) is 27.9. The van der Waals surface area contributed by atoms with Crippen LogP contribution in [0.5, 0.6) is 0 Å². The van der Waals surface area contributed by atoms with E-state index < -0.39 is 0 Å². The third kappa shape index (κ3) is 19.4. The van der Waals surface area contributed by atoms with Crippen LogP contribution in [0.2, 0.25) is 0 Å². The van der Waals surface area contributed by atoms with Crippen molar-refractivity contribution in [2.45, 2.75) is 0 Å². The third-order valence-corrected chi connectivity index (χ3v) is 0. The van der Waals surface area contributed by atoms with Crippen LogP contribution in [0.25, 0.3) is 0 Å². The largest absolute Gasteiger partial charge is 3.00 e. The van der Waals surface area contributed by atoms with E-state index >= 15 is 0 Å². The molecule has 0 rings (SSSR count). The Labute approximate surface area is 97.9 Å². The smallest absolute Gasteiger partial charge is 2.00 e. The quantitative estimate of drug-likeness (QED) is 0.445. The van der Waals surface area contributed by atoms with Gasteiger partial charge in [0.1, 0.15) is 0 Å². The normalized spacial score (nSPS) is 0. The van der Waals surface area contributed by atoms with Crippen LogP contribution >= 0.6 is 0 Å². The summed E-state index contributed by atoms with van der Waals surface area (Å²) in [5, 5.41) is 0. The van der Waals surface area contributed by atoms with Crippen molar-refractivity contribution < 1.29 is 59.3 Å². The van der Waals surface area contributed by atoms with E-state index in [1.807, 2.05) is 0 Å². The third-order valence-electron chi connectivity index (χ3n) is 0. The first-order chi connectivity index (χ1) is 0. The van der Waals surface area contributed by atoms with Gasteiger partial charge in [-0.1, -0.05) is 0 Å². The second-order valence-corrected chi connectivity index (χ2v) is 0. The van der Waals surface area contributed by atoms with E-state index in [0.717, 1.165) is 0 Å². The monoisotopic (exact) mass is 462 g/mol.